The summed E-state index contributed by atoms with van der Waals surface area (Å²) in [6, 6.07) is 5.61. The van der Waals surface area contributed by atoms with Crippen molar-refractivity contribution in [3.63, 3.8) is 0 Å². The first-order valence-corrected chi connectivity index (χ1v) is 6.54. The summed E-state index contributed by atoms with van der Waals surface area (Å²) < 4.78 is 15.3. The highest BCUT2D eigenvalue weighted by molar-refractivity contribution is 7.15. The lowest BCUT2D eigenvalue weighted by atomic mass is 10.4. The predicted molar refractivity (Wildman–Crippen MR) is 68.7 cm³/mol. The van der Waals surface area contributed by atoms with Crippen LogP contribution in [0.1, 0.15) is 10.7 Å². The molecule has 2 rings (SSSR count). The van der Waals surface area contributed by atoms with Crippen molar-refractivity contribution in [2.45, 2.75) is 6.42 Å². The highest BCUT2D eigenvalue weighted by Crippen LogP contribution is 2.26. The van der Waals surface area contributed by atoms with Gasteiger partial charge in [0.15, 0.2) is 5.82 Å². The van der Waals surface area contributed by atoms with Gasteiger partial charge in [0, 0.05) is 13.5 Å². The smallest absolute Gasteiger partial charge is 0.268 e. The molecule has 0 spiro atoms. The van der Waals surface area contributed by atoms with Crippen LogP contribution < -0.4 is 0 Å². The lowest BCUT2D eigenvalue weighted by Gasteiger charge is -1.99. The van der Waals surface area contributed by atoms with E-state index in [9.17, 15) is 0 Å². The number of ether oxygens (including phenoxy) is 2. The van der Waals surface area contributed by atoms with Crippen molar-refractivity contribution in [2.24, 2.45) is 0 Å². The molecule has 0 aliphatic rings. The van der Waals surface area contributed by atoms with E-state index in [2.05, 4.69) is 16.2 Å². The molecule has 19 heavy (non-hydrogen) atoms. The van der Waals surface area contributed by atoms with Crippen LogP contribution in [0.4, 0.5) is 0 Å². The van der Waals surface area contributed by atoms with Gasteiger partial charge in [-0.05, 0) is 12.1 Å². The van der Waals surface area contributed by atoms with Crippen LogP contribution in [0.25, 0.3) is 10.8 Å². The summed E-state index contributed by atoms with van der Waals surface area (Å²) in [5.41, 5.74) is 0. The molecule has 2 aromatic heterocycles. The molecule has 2 aromatic rings. The molecule has 0 radical (unpaired) electrons. The molecule has 0 bridgehead atoms. The summed E-state index contributed by atoms with van der Waals surface area (Å²) in [6.07, 6.45) is 0.587. The molecule has 0 saturated heterocycles. The summed E-state index contributed by atoms with van der Waals surface area (Å²) >= 11 is 1.33. The van der Waals surface area contributed by atoms with Crippen molar-refractivity contribution in [1.29, 1.82) is 5.26 Å². The second kappa shape index (κ2) is 6.99. The summed E-state index contributed by atoms with van der Waals surface area (Å²) in [6.45, 7) is 1.65. The number of nitriles is 1. The Labute approximate surface area is 114 Å². The van der Waals surface area contributed by atoms with Gasteiger partial charge in [-0.25, -0.2) is 0 Å². The van der Waals surface area contributed by atoms with E-state index in [1.54, 1.807) is 19.2 Å². The number of thiophene rings is 1. The van der Waals surface area contributed by atoms with E-state index in [4.69, 9.17) is 19.3 Å². The van der Waals surface area contributed by atoms with Crippen LogP contribution in [0.3, 0.4) is 0 Å². The van der Waals surface area contributed by atoms with E-state index < -0.39 is 0 Å². The minimum absolute atomic E-state index is 0.443. The van der Waals surface area contributed by atoms with Crippen LogP contribution in [0.2, 0.25) is 0 Å². The van der Waals surface area contributed by atoms with E-state index in [0.29, 0.717) is 42.8 Å². The van der Waals surface area contributed by atoms with E-state index >= 15 is 0 Å². The first-order chi connectivity index (χ1) is 9.33. The van der Waals surface area contributed by atoms with Gasteiger partial charge in [-0.1, -0.05) is 5.16 Å². The molecule has 7 heteroatoms. The quantitative estimate of drug-likeness (QED) is 0.720. The molecule has 2 heterocycles. The molecule has 0 saturated carbocycles. The zero-order valence-electron chi connectivity index (χ0n) is 10.5. The Bertz CT molecular complexity index is 559. The number of hydrogen-bond donors (Lipinski definition) is 0. The molecule has 0 fully saturated rings. The Balaban J connectivity index is 1.87. The summed E-state index contributed by atoms with van der Waals surface area (Å²) in [5, 5.41) is 12.6. The average Bonchev–Trinajstić information content (AvgIpc) is 3.07. The van der Waals surface area contributed by atoms with E-state index in [-0.39, 0.29) is 0 Å². The standard InChI is InChI=1S/C12H13N3O3S/c1-16-6-7-17-5-4-11-14-12(18-15-11)10-3-2-9(8-13)19-10/h2-3H,4-7H2,1H3. The maximum absolute atomic E-state index is 8.76. The highest BCUT2D eigenvalue weighted by Gasteiger charge is 2.11. The van der Waals surface area contributed by atoms with Crippen LogP contribution in [-0.4, -0.2) is 37.1 Å². The number of rotatable bonds is 7. The van der Waals surface area contributed by atoms with Gasteiger partial charge in [0.25, 0.3) is 5.89 Å². The first-order valence-electron chi connectivity index (χ1n) is 5.73. The molecule has 100 valence electrons. The first kappa shape index (κ1) is 13.7. The molecule has 0 aromatic carbocycles. The lowest BCUT2D eigenvalue weighted by Crippen LogP contribution is -2.05. The SMILES string of the molecule is COCCOCCc1noc(-c2ccc(C#N)s2)n1. The maximum atomic E-state index is 8.76. The van der Waals surface area contributed by atoms with E-state index in [1.807, 2.05) is 0 Å². The fourth-order valence-electron chi connectivity index (χ4n) is 1.38. The lowest BCUT2D eigenvalue weighted by molar-refractivity contribution is 0.0714. The van der Waals surface area contributed by atoms with Gasteiger partial charge in [0.05, 0.1) is 24.7 Å². The predicted octanol–water partition coefficient (Wildman–Crippen LogP) is 1.88. The molecule has 0 aliphatic heterocycles. The summed E-state index contributed by atoms with van der Waals surface area (Å²) in [7, 11) is 1.63. The van der Waals surface area contributed by atoms with Gasteiger partial charge in [-0.15, -0.1) is 11.3 Å². The summed E-state index contributed by atoms with van der Waals surface area (Å²) in [4.78, 5) is 5.68. The third-order valence-electron chi connectivity index (χ3n) is 2.30. The van der Waals surface area contributed by atoms with Gasteiger partial charge in [0.2, 0.25) is 0 Å². The van der Waals surface area contributed by atoms with E-state index in [0.717, 1.165) is 4.88 Å². The Morgan fingerprint density at radius 2 is 2.26 bits per heavy atom. The number of hydrogen-bond acceptors (Lipinski definition) is 7. The molecular formula is C12H13N3O3S. The molecule has 0 aliphatic carbocycles. The van der Waals surface area contributed by atoms with Gasteiger partial charge in [-0.3, -0.25) is 0 Å². The van der Waals surface area contributed by atoms with Crippen LogP contribution in [0.5, 0.6) is 0 Å². The second-order valence-corrected chi connectivity index (χ2v) is 4.73. The maximum Gasteiger partial charge on any atom is 0.268 e. The normalized spacial score (nSPS) is 10.5. The van der Waals surface area contributed by atoms with Crippen molar-refractivity contribution in [1.82, 2.24) is 10.1 Å². The molecule has 6 nitrogen and oxygen atoms in total. The zero-order valence-corrected chi connectivity index (χ0v) is 11.3. The number of nitrogens with zero attached hydrogens (tertiary/aromatic N) is 3. The van der Waals surface area contributed by atoms with Crippen molar-refractivity contribution in [3.05, 3.63) is 22.8 Å². The van der Waals surface area contributed by atoms with Gasteiger partial charge in [0.1, 0.15) is 10.9 Å². The Kier molecular flexibility index (Phi) is 5.03. The van der Waals surface area contributed by atoms with Gasteiger partial charge in [-0.2, -0.15) is 10.2 Å². The van der Waals surface area contributed by atoms with Crippen molar-refractivity contribution in [3.8, 4) is 16.8 Å². The minimum Gasteiger partial charge on any atom is -0.382 e. The fourth-order valence-corrected chi connectivity index (χ4v) is 2.10. The van der Waals surface area contributed by atoms with Crippen LogP contribution in [-0.2, 0) is 15.9 Å². The van der Waals surface area contributed by atoms with Crippen molar-refractivity contribution in [2.75, 3.05) is 26.9 Å². The molecule has 0 atom stereocenters. The fraction of sp³-hybridized carbons (Fsp3) is 0.417. The largest absolute Gasteiger partial charge is 0.382 e. The molecule has 0 unspecified atom stereocenters. The number of aromatic nitrogens is 2. The third-order valence-corrected chi connectivity index (χ3v) is 3.27. The van der Waals surface area contributed by atoms with Gasteiger partial charge < -0.3 is 14.0 Å². The molecule has 0 amide bonds. The average molecular weight is 279 g/mol. The van der Waals surface area contributed by atoms with Crippen molar-refractivity contribution < 1.29 is 14.0 Å². The minimum atomic E-state index is 0.443. The van der Waals surface area contributed by atoms with Crippen LogP contribution >= 0.6 is 11.3 Å². The third kappa shape index (κ3) is 3.86. The monoisotopic (exact) mass is 279 g/mol. The van der Waals surface area contributed by atoms with Crippen molar-refractivity contribution >= 4 is 11.3 Å². The highest BCUT2D eigenvalue weighted by atomic mass is 32.1. The topological polar surface area (TPSA) is 81.2 Å². The zero-order chi connectivity index (χ0) is 13.5. The van der Waals surface area contributed by atoms with Gasteiger partial charge >= 0.3 is 0 Å². The molecular weight excluding hydrogens is 266 g/mol. The van der Waals surface area contributed by atoms with Crippen LogP contribution in [0.15, 0.2) is 16.7 Å². The number of methoxy groups -OCH3 is 1. The molecule has 0 N–H and O–H groups in total. The Morgan fingerprint density at radius 3 is 3.00 bits per heavy atom. The van der Waals surface area contributed by atoms with E-state index in [1.165, 1.54) is 11.3 Å². The Hall–Kier alpha value is -1.75. The second-order valence-electron chi connectivity index (χ2n) is 3.65. The Morgan fingerprint density at radius 1 is 1.37 bits per heavy atom. The van der Waals surface area contributed by atoms with Crippen LogP contribution in [0, 0.1) is 11.3 Å². The summed E-state index contributed by atoms with van der Waals surface area (Å²) in [5.74, 6) is 1.04.